The summed E-state index contributed by atoms with van der Waals surface area (Å²) in [6.45, 7) is 0.807. The fourth-order valence-electron chi connectivity index (χ4n) is 2.12. The van der Waals surface area contributed by atoms with Crippen LogP contribution in [0.15, 0.2) is 0 Å². The quantitative estimate of drug-likeness (QED) is 0.704. The summed E-state index contributed by atoms with van der Waals surface area (Å²) >= 11 is 1.89. The molecule has 0 saturated heterocycles. The predicted molar refractivity (Wildman–Crippen MR) is 63.7 cm³/mol. The number of nitrogens with two attached hydrogens (primary N) is 1. The van der Waals surface area contributed by atoms with Gasteiger partial charge in [-0.2, -0.15) is 17.0 Å². The molecule has 1 aliphatic rings. The molecule has 2 atom stereocenters. The molecule has 2 N–H and O–H groups in total. The average molecular weight is 228 g/mol. The van der Waals surface area contributed by atoms with Crippen molar-refractivity contribution in [1.82, 2.24) is 0 Å². The first-order valence-corrected chi connectivity index (χ1v) is 6.65. The number of thioether (sulfide) groups is 1. The molecular formula is C11H20N2OS. The Labute approximate surface area is 96.4 Å². The average Bonchev–Trinajstić information content (AvgIpc) is 2.61. The maximum Gasteiger partial charge on any atom is 0.107 e. The second-order valence-corrected chi connectivity index (χ2v) is 5.36. The third kappa shape index (κ3) is 3.67. The molecule has 15 heavy (non-hydrogen) atoms. The lowest BCUT2D eigenvalue weighted by Crippen LogP contribution is -2.41. The van der Waals surface area contributed by atoms with Gasteiger partial charge in [0.25, 0.3) is 0 Å². The SMILES string of the molecule is COCCSCCC1CCCC1(N)C#N. The Morgan fingerprint density at radius 3 is 3.07 bits per heavy atom. The molecule has 1 rings (SSSR count). The van der Waals surface area contributed by atoms with Gasteiger partial charge < -0.3 is 10.5 Å². The van der Waals surface area contributed by atoms with Crippen molar-refractivity contribution < 1.29 is 4.74 Å². The van der Waals surface area contributed by atoms with Crippen LogP contribution in [0.2, 0.25) is 0 Å². The van der Waals surface area contributed by atoms with Gasteiger partial charge in [0.1, 0.15) is 5.54 Å². The number of hydrogen-bond acceptors (Lipinski definition) is 4. The number of ether oxygens (including phenoxy) is 1. The zero-order valence-corrected chi connectivity index (χ0v) is 10.2. The Hall–Kier alpha value is -0.240. The zero-order chi connectivity index (χ0) is 11.1. The van der Waals surface area contributed by atoms with Crippen LogP contribution in [0.5, 0.6) is 0 Å². The third-order valence-corrected chi connectivity index (χ3v) is 4.10. The zero-order valence-electron chi connectivity index (χ0n) is 9.37. The third-order valence-electron chi connectivity index (χ3n) is 3.12. The van der Waals surface area contributed by atoms with E-state index in [2.05, 4.69) is 6.07 Å². The standard InChI is InChI=1S/C11H20N2OS/c1-14-6-8-15-7-4-10-3-2-5-11(10,13)9-12/h10H,2-8,13H2,1H3. The molecule has 4 heteroatoms. The van der Waals surface area contributed by atoms with E-state index in [9.17, 15) is 0 Å². The van der Waals surface area contributed by atoms with Crippen LogP contribution in [-0.4, -0.2) is 30.8 Å². The van der Waals surface area contributed by atoms with E-state index in [1.165, 1.54) is 0 Å². The Balaban J connectivity index is 2.18. The number of hydrogen-bond donors (Lipinski definition) is 1. The summed E-state index contributed by atoms with van der Waals surface area (Å²) in [5.41, 5.74) is 5.51. The van der Waals surface area contributed by atoms with Crippen molar-refractivity contribution in [1.29, 1.82) is 5.26 Å². The fraction of sp³-hybridized carbons (Fsp3) is 0.909. The molecule has 0 radical (unpaired) electrons. The summed E-state index contributed by atoms with van der Waals surface area (Å²) in [5, 5.41) is 9.03. The Morgan fingerprint density at radius 1 is 1.60 bits per heavy atom. The first-order chi connectivity index (χ1) is 7.23. The maximum atomic E-state index is 9.03. The highest BCUT2D eigenvalue weighted by atomic mass is 32.2. The molecule has 1 saturated carbocycles. The number of nitrogens with zero attached hydrogens (tertiary/aromatic N) is 1. The summed E-state index contributed by atoms with van der Waals surface area (Å²) in [5.74, 6) is 2.53. The summed E-state index contributed by atoms with van der Waals surface area (Å²) in [4.78, 5) is 0. The lowest BCUT2D eigenvalue weighted by atomic mass is 9.88. The van der Waals surface area contributed by atoms with Crippen LogP contribution in [0.3, 0.4) is 0 Å². The Bertz CT molecular complexity index is 229. The van der Waals surface area contributed by atoms with Crippen molar-refractivity contribution in [2.45, 2.75) is 31.2 Å². The van der Waals surface area contributed by atoms with Crippen LogP contribution in [-0.2, 0) is 4.74 Å². The number of methoxy groups -OCH3 is 1. The molecule has 0 aromatic carbocycles. The molecule has 0 bridgehead atoms. The van der Waals surface area contributed by atoms with Crippen LogP contribution in [0.25, 0.3) is 0 Å². The largest absolute Gasteiger partial charge is 0.384 e. The molecule has 0 aliphatic heterocycles. The van der Waals surface area contributed by atoms with Crippen LogP contribution >= 0.6 is 11.8 Å². The number of rotatable bonds is 6. The van der Waals surface area contributed by atoms with Gasteiger partial charge in [-0.1, -0.05) is 6.42 Å². The van der Waals surface area contributed by atoms with Gasteiger partial charge >= 0.3 is 0 Å². The highest BCUT2D eigenvalue weighted by Crippen LogP contribution is 2.36. The molecule has 0 spiro atoms. The van der Waals surface area contributed by atoms with E-state index < -0.39 is 5.54 Å². The topological polar surface area (TPSA) is 59.0 Å². The summed E-state index contributed by atoms with van der Waals surface area (Å²) in [6, 6.07) is 2.29. The van der Waals surface area contributed by atoms with Crippen LogP contribution in [0.4, 0.5) is 0 Å². The molecule has 1 aliphatic carbocycles. The molecule has 3 nitrogen and oxygen atoms in total. The van der Waals surface area contributed by atoms with Crippen molar-refractivity contribution in [3.8, 4) is 6.07 Å². The Morgan fingerprint density at radius 2 is 2.40 bits per heavy atom. The van der Waals surface area contributed by atoms with E-state index in [4.69, 9.17) is 15.7 Å². The van der Waals surface area contributed by atoms with E-state index >= 15 is 0 Å². The second kappa shape index (κ2) is 6.37. The van der Waals surface area contributed by atoms with Crippen molar-refractivity contribution >= 4 is 11.8 Å². The summed E-state index contributed by atoms with van der Waals surface area (Å²) in [6.07, 6.45) is 4.17. The minimum Gasteiger partial charge on any atom is -0.384 e. The maximum absolute atomic E-state index is 9.03. The van der Waals surface area contributed by atoms with E-state index in [0.29, 0.717) is 5.92 Å². The lowest BCUT2D eigenvalue weighted by Gasteiger charge is -2.23. The van der Waals surface area contributed by atoms with Crippen molar-refractivity contribution in [3.05, 3.63) is 0 Å². The highest BCUT2D eigenvalue weighted by Gasteiger charge is 2.38. The number of nitriles is 1. The molecule has 86 valence electrons. The summed E-state index contributed by atoms with van der Waals surface area (Å²) < 4.78 is 4.98. The van der Waals surface area contributed by atoms with Crippen molar-refractivity contribution in [3.63, 3.8) is 0 Å². The Kier molecular flexibility index (Phi) is 5.44. The lowest BCUT2D eigenvalue weighted by molar-refractivity contribution is 0.218. The minimum atomic E-state index is -0.540. The van der Waals surface area contributed by atoms with E-state index in [1.807, 2.05) is 11.8 Å². The van der Waals surface area contributed by atoms with Gasteiger partial charge in [0, 0.05) is 12.9 Å². The molecule has 1 fully saturated rings. The van der Waals surface area contributed by atoms with Gasteiger partial charge in [0.05, 0.1) is 12.7 Å². The van der Waals surface area contributed by atoms with Crippen molar-refractivity contribution in [2.24, 2.45) is 11.7 Å². The van der Waals surface area contributed by atoms with Crippen LogP contribution < -0.4 is 5.73 Å². The molecule has 2 unspecified atom stereocenters. The first-order valence-electron chi connectivity index (χ1n) is 5.50. The highest BCUT2D eigenvalue weighted by molar-refractivity contribution is 7.99. The van der Waals surface area contributed by atoms with Crippen molar-refractivity contribution in [2.75, 3.05) is 25.2 Å². The van der Waals surface area contributed by atoms with Gasteiger partial charge in [-0.05, 0) is 30.9 Å². The molecular weight excluding hydrogens is 208 g/mol. The molecule has 0 heterocycles. The van der Waals surface area contributed by atoms with E-state index in [-0.39, 0.29) is 0 Å². The van der Waals surface area contributed by atoms with Gasteiger partial charge in [-0.25, -0.2) is 0 Å². The predicted octanol–water partition coefficient (Wildman–Crippen LogP) is 1.78. The van der Waals surface area contributed by atoms with Crippen LogP contribution in [0.1, 0.15) is 25.7 Å². The molecule has 0 amide bonds. The van der Waals surface area contributed by atoms with Gasteiger partial charge in [0.15, 0.2) is 0 Å². The summed E-state index contributed by atoms with van der Waals surface area (Å²) in [7, 11) is 1.72. The molecule has 0 aromatic heterocycles. The van der Waals surface area contributed by atoms with Gasteiger partial charge in [0.2, 0.25) is 0 Å². The second-order valence-electron chi connectivity index (χ2n) is 4.14. The fourth-order valence-corrected chi connectivity index (χ4v) is 3.06. The smallest absolute Gasteiger partial charge is 0.107 e. The van der Waals surface area contributed by atoms with E-state index in [1.54, 1.807) is 7.11 Å². The van der Waals surface area contributed by atoms with Crippen LogP contribution in [0, 0.1) is 17.2 Å². The van der Waals surface area contributed by atoms with Gasteiger partial charge in [-0.15, -0.1) is 0 Å². The monoisotopic (exact) mass is 228 g/mol. The minimum absolute atomic E-state index is 0.401. The normalized spacial score (nSPS) is 30.3. The van der Waals surface area contributed by atoms with Gasteiger partial charge in [-0.3, -0.25) is 0 Å². The first kappa shape index (κ1) is 12.8. The van der Waals surface area contributed by atoms with E-state index in [0.717, 1.165) is 43.8 Å². The molecule has 0 aromatic rings.